The first-order chi connectivity index (χ1) is 15.5. The highest BCUT2D eigenvalue weighted by Crippen LogP contribution is 2.35. The Hall–Kier alpha value is -2.75. The normalized spacial score (nSPS) is 14.4. The number of carbonyl (C=O) groups excluding carboxylic acids is 1. The van der Waals surface area contributed by atoms with Crippen LogP contribution < -0.4 is 15.0 Å². The van der Waals surface area contributed by atoms with Crippen molar-refractivity contribution in [1.82, 2.24) is 15.1 Å². The maximum absolute atomic E-state index is 12.6. The van der Waals surface area contributed by atoms with Gasteiger partial charge in [-0.2, -0.15) is 0 Å². The fourth-order valence-corrected chi connectivity index (χ4v) is 4.28. The molecule has 1 aromatic heterocycles. The Morgan fingerprint density at radius 3 is 2.75 bits per heavy atom. The molecule has 1 saturated heterocycles. The SMILES string of the molecule is COc1cccc(-c2nnc(SCC(=O)Nc3cccc(Cl)c3N3CCN(C)CC3)o2)c1. The molecule has 1 aliphatic rings. The van der Waals surface area contributed by atoms with Crippen molar-refractivity contribution in [2.45, 2.75) is 5.22 Å². The van der Waals surface area contributed by atoms with Crippen LogP contribution in [0.2, 0.25) is 5.02 Å². The van der Waals surface area contributed by atoms with Gasteiger partial charge in [0.15, 0.2) is 0 Å². The van der Waals surface area contributed by atoms with Gasteiger partial charge in [-0.3, -0.25) is 4.79 Å². The summed E-state index contributed by atoms with van der Waals surface area (Å²) in [4.78, 5) is 17.1. The van der Waals surface area contributed by atoms with Crippen LogP contribution in [0.3, 0.4) is 0 Å². The summed E-state index contributed by atoms with van der Waals surface area (Å²) in [6.07, 6.45) is 0. The van der Waals surface area contributed by atoms with E-state index in [1.54, 1.807) is 7.11 Å². The molecule has 0 atom stereocenters. The predicted molar refractivity (Wildman–Crippen MR) is 127 cm³/mol. The molecule has 1 amide bonds. The highest BCUT2D eigenvalue weighted by molar-refractivity contribution is 7.99. The van der Waals surface area contributed by atoms with Crippen LogP contribution >= 0.6 is 23.4 Å². The molecular weight excluding hydrogens is 450 g/mol. The number of nitrogens with zero attached hydrogens (tertiary/aromatic N) is 4. The Morgan fingerprint density at radius 1 is 1.19 bits per heavy atom. The largest absolute Gasteiger partial charge is 0.497 e. The number of rotatable bonds is 7. The van der Waals surface area contributed by atoms with Crippen LogP contribution in [0.25, 0.3) is 11.5 Å². The summed E-state index contributed by atoms with van der Waals surface area (Å²) in [5.74, 6) is 1.04. The van der Waals surface area contributed by atoms with Crippen LogP contribution in [-0.2, 0) is 4.79 Å². The summed E-state index contributed by atoms with van der Waals surface area (Å²) in [5, 5.41) is 12.0. The van der Waals surface area contributed by atoms with Gasteiger partial charge in [0, 0.05) is 31.7 Å². The van der Waals surface area contributed by atoms with E-state index in [9.17, 15) is 4.79 Å². The average Bonchev–Trinajstić information content (AvgIpc) is 3.28. The molecule has 10 heteroatoms. The van der Waals surface area contributed by atoms with Crippen LogP contribution in [0.1, 0.15) is 0 Å². The molecule has 3 aromatic rings. The van der Waals surface area contributed by atoms with Gasteiger partial charge in [-0.05, 0) is 37.4 Å². The number of para-hydroxylation sites is 1. The van der Waals surface area contributed by atoms with Crippen molar-refractivity contribution < 1.29 is 13.9 Å². The minimum Gasteiger partial charge on any atom is -0.497 e. The maximum atomic E-state index is 12.6. The van der Waals surface area contributed by atoms with Gasteiger partial charge in [0.05, 0.1) is 29.3 Å². The third-order valence-corrected chi connectivity index (χ3v) is 6.25. The minimum absolute atomic E-state index is 0.133. The van der Waals surface area contributed by atoms with Crippen molar-refractivity contribution in [3.63, 3.8) is 0 Å². The number of halogens is 1. The number of aromatic nitrogens is 2. The van der Waals surface area contributed by atoms with Crippen LogP contribution in [-0.4, -0.2) is 67.1 Å². The molecule has 2 aromatic carbocycles. The zero-order chi connectivity index (χ0) is 22.5. The minimum atomic E-state index is -0.172. The number of ether oxygens (including phenoxy) is 1. The molecule has 8 nitrogen and oxygen atoms in total. The molecule has 4 rings (SSSR count). The van der Waals surface area contributed by atoms with Gasteiger partial charge in [0.1, 0.15) is 5.75 Å². The number of anilines is 2. The fourth-order valence-electron chi connectivity index (χ4n) is 3.42. The van der Waals surface area contributed by atoms with Crippen LogP contribution in [0.4, 0.5) is 11.4 Å². The molecule has 168 valence electrons. The molecule has 0 unspecified atom stereocenters. The van der Waals surface area contributed by atoms with Gasteiger partial charge in [-0.15, -0.1) is 10.2 Å². The van der Waals surface area contributed by atoms with Crippen molar-refractivity contribution in [2.24, 2.45) is 0 Å². The lowest BCUT2D eigenvalue weighted by Gasteiger charge is -2.35. The van der Waals surface area contributed by atoms with Gasteiger partial charge in [0.25, 0.3) is 5.22 Å². The zero-order valence-corrected chi connectivity index (χ0v) is 19.4. The van der Waals surface area contributed by atoms with E-state index >= 15 is 0 Å². The van der Waals surface area contributed by atoms with Gasteiger partial charge in [-0.25, -0.2) is 0 Å². The lowest BCUT2D eigenvalue weighted by molar-refractivity contribution is -0.113. The maximum Gasteiger partial charge on any atom is 0.277 e. The topological polar surface area (TPSA) is 83.7 Å². The summed E-state index contributed by atoms with van der Waals surface area (Å²) in [6.45, 7) is 3.60. The Kier molecular flexibility index (Phi) is 7.19. The van der Waals surface area contributed by atoms with E-state index in [-0.39, 0.29) is 11.7 Å². The summed E-state index contributed by atoms with van der Waals surface area (Å²) >= 11 is 7.67. The summed E-state index contributed by atoms with van der Waals surface area (Å²) in [7, 11) is 3.70. The van der Waals surface area contributed by atoms with Crippen LogP contribution in [0, 0.1) is 0 Å². The summed E-state index contributed by atoms with van der Waals surface area (Å²) < 4.78 is 10.9. The quantitative estimate of drug-likeness (QED) is 0.517. The van der Waals surface area contributed by atoms with E-state index < -0.39 is 0 Å². The Balaban J connectivity index is 1.39. The van der Waals surface area contributed by atoms with Gasteiger partial charge in [0.2, 0.25) is 11.8 Å². The second kappa shape index (κ2) is 10.2. The molecule has 0 saturated carbocycles. The smallest absolute Gasteiger partial charge is 0.277 e. The predicted octanol–water partition coefficient (Wildman–Crippen LogP) is 3.88. The number of benzene rings is 2. The number of methoxy groups -OCH3 is 1. The van der Waals surface area contributed by atoms with E-state index in [0.717, 1.165) is 37.4 Å². The molecule has 32 heavy (non-hydrogen) atoms. The number of thioether (sulfide) groups is 1. The Bertz CT molecular complexity index is 1080. The number of hydrogen-bond acceptors (Lipinski definition) is 8. The molecule has 0 aliphatic carbocycles. The molecule has 2 heterocycles. The van der Waals surface area contributed by atoms with Crippen molar-refractivity contribution in [3.05, 3.63) is 47.5 Å². The third-order valence-electron chi connectivity index (χ3n) is 5.13. The van der Waals surface area contributed by atoms with Crippen molar-refractivity contribution in [3.8, 4) is 17.2 Å². The van der Waals surface area contributed by atoms with Crippen LogP contribution in [0.5, 0.6) is 5.75 Å². The Morgan fingerprint density at radius 2 is 1.97 bits per heavy atom. The average molecular weight is 474 g/mol. The van der Waals surface area contributed by atoms with Crippen LogP contribution in [0.15, 0.2) is 52.1 Å². The van der Waals surface area contributed by atoms with E-state index in [4.69, 9.17) is 20.8 Å². The highest BCUT2D eigenvalue weighted by atomic mass is 35.5. The van der Waals surface area contributed by atoms with Crippen molar-refractivity contribution in [1.29, 1.82) is 0 Å². The first kappa shape index (κ1) is 22.4. The van der Waals surface area contributed by atoms with Gasteiger partial charge < -0.3 is 24.3 Å². The monoisotopic (exact) mass is 473 g/mol. The lowest BCUT2D eigenvalue weighted by atomic mass is 10.2. The molecule has 0 bridgehead atoms. The van der Waals surface area contributed by atoms with Gasteiger partial charge >= 0.3 is 0 Å². The summed E-state index contributed by atoms with van der Waals surface area (Å²) in [5.41, 5.74) is 2.32. The second-order valence-corrected chi connectivity index (χ2v) is 8.70. The molecule has 1 aliphatic heterocycles. The third kappa shape index (κ3) is 5.35. The number of piperazine rings is 1. The number of nitrogens with one attached hydrogen (secondary N) is 1. The number of likely N-dealkylation sites (N-methyl/N-ethyl adjacent to an activating group) is 1. The fraction of sp³-hybridized carbons (Fsp3) is 0.318. The first-order valence-corrected chi connectivity index (χ1v) is 11.5. The zero-order valence-electron chi connectivity index (χ0n) is 17.9. The number of carbonyl (C=O) groups is 1. The van der Waals surface area contributed by atoms with Crippen molar-refractivity contribution in [2.75, 3.05) is 56.3 Å². The molecular formula is C22H24ClN5O3S. The number of hydrogen-bond donors (Lipinski definition) is 1. The standard InChI is InChI=1S/C22H24ClN5O3S/c1-27-9-11-28(12-10-27)20-17(23)7-4-8-18(20)24-19(29)14-32-22-26-25-21(31-22)15-5-3-6-16(13-15)30-2/h3-8,13H,9-12,14H2,1-2H3,(H,24,29). The lowest BCUT2D eigenvalue weighted by Crippen LogP contribution is -2.44. The molecule has 1 N–H and O–H groups in total. The first-order valence-electron chi connectivity index (χ1n) is 10.2. The summed E-state index contributed by atoms with van der Waals surface area (Å²) in [6, 6.07) is 12.9. The van der Waals surface area contributed by atoms with Gasteiger partial charge in [-0.1, -0.05) is 35.5 Å². The van der Waals surface area contributed by atoms with E-state index in [0.29, 0.717) is 27.6 Å². The van der Waals surface area contributed by atoms with E-state index in [1.807, 2.05) is 42.5 Å². The molecule has 0 radical (unpaired) electrons. The van der Waals surface area contributed by atoms with E-state index in [2.05, 4.69) is 32.4 Å². The Labute approximate surface area is 195 Å². The molecule has 1 fully saturated rings. The second-order valence-electron chi connectivity index (χ2n) is 7.37. The highest BCUT2D eigenvalue weighted by Gasteiger charge is 2.21. The van der Waals surface area contributed by atoms with Crippen molar-refractivity contribution >= 4 is 40.6 Å². The molecule has 0 spiro atoms. The van der Waals surface area contributed by atoms with E-state index in [1.165, 1.54) is 11.8 Å². The number of amides is 1.